The molecule has 2 bridgehead atoms. The minimum absolute atomic E-state index is 0.0461. The van der Waals surface area contributed by atoms with Crippen LogP contribution in [0.4, 0.5) is 0 Å². The maximum absolute atomic E-state index is 12.6. The van der Waals surface area contributed by atoms with Crippen molar-refractivity contribution in [3.63, 3.8) is 0 Å². The maximum atomic E-state index is 12.6. The van der Waals surface area contributed by atoms with Crippen LogP contribution in [0.2, 0.25) is 0 Å². The van der Waals surface area contributed by atoms with Crippen molar-refractivity contribution in [2.75, 3.05) is 19.6 Å². The number of fused-ring (bicyclic) bond motifs is 2. The number of rotatable bonds is 4. The maximum Gasteiger partial charge on any atom is 0.143 e. The molecule has 3 atom stereocenters. The molecule has 17 heavy (non-hydrogen) atoms. The Bertz CT molecular complexity index is 319. The summed E-state index contributed by atoms with van der Waals surface area (Å²) >= 11 is 0. The first-order chi connectivity index (χ1) is 7.88. The van der Waals surface area contributed by atoms with Crippen LogP contribution < -0.4 is 0 Å². The molecule has 2 heteroatoms. The molecule has 0 N–H and O–H groups in total. The van der Waals surface area contributed by atoms with Crippen LogP contribution in [-0.2, 0) is 4.79 Å². The molecule has 0 unspecified atom stereocenters. The van der Waals surface area contributed by atoms with Crippen molar-refractivity contribution in [3.8, 4) is 0 Å². The number of hydrogen-bond donors (Lipinski definition) is 0. The van der Waals surface area contributed by atoms with E-state index in [1.165, 1.54) is 6.42 Å². The number of Topliss-reactive ketones (excluding diaryl/α,β-unsaturated/α-hetero) is 1. The molecule has 0 spiro atoms. The first-order valence-corrected chi connectivity index (χ1v) is 7.15. The third-order valence-corrected chi connectivity index (χ3v) is 6.02. The third-order valence-electron chi connectivity index (χ3n) is 6.02. The Balaban J connectivity index is 2.20. The molecule has 0 radical (unpaired) electrons. The van der Waals surface area contributed by atoms with Crippen molar-refractivity contribution in [3.05, 3.63) is 0 Å². The van der Waals surface area contributed by atoms with Gasteiger partial charge in [-0.15, -0.1) is 0 Å². The van der Waals surface area contributed by atoms with Crippen molar-refractivity contribution in [2.45, 2.75) is 47.5 Å². The van der Waals surface area contributed by atoms with Gasteiger partial charge in [0.2, 0.25) is 0 Å². The number of nitrogens with zero attached hydrogens (tertiary/aromatic N) is 1. The standard InChI is InChI=1S/C15H27NO/c1-6-16(7-2)10-11-12-8-9-15(5,13(11)17)14(12,3)4/h11-12H,6-10H2,1-5H3/t11-,12+,15+/m0/s1. The van der Waals surface area contributed by atoms with Crippen molar-refractivity contribution in [1.82, 2.24) is 4.90 Å². The second-order valence-electron chi connectivity index (χ2n) is 6.66. The minimum atomic E-state index is -0.0461. The predicted molar refractivity (Wildman–Crippen MR) is 70.9 cm³/mol. The van der Waals surface area contributed by atoms with E-state index < -0.39 is 0 Å². The van der Waals surface area contributed by atoms with Gasteiger partial charge in [0.15, 0.2) is 0 Å². The smallest absolute Gasteiger partial charge is 0.143 e. The van der Waals surface area contributed by atoms with E-state index in [4.69, 9.17) is 0 Å². The van der Waals surface area contributed by atoms with E-state index >= 15 is 0 Å². The summed E-state index contributed by atoms with van der Waals surface area (Å²) in [5.41, 5.74) is 0.164. The van der Waals surface area contributed by atoms with Gasteiger partial charge >= 0.3 is 0 Å². The zero-order chi connectivity index (χ0) is 12.8. The van der Waals surface area contributed by atoms with Crippen LogP contribution in [0, 0.1) is 22.7 Å². The zero-order valence-electron chi connectivity index (χ0n) is 12.0. The van der Waals surface area contributed by atoms with Gasteiger partial charge in [0, 0.05) is 17.9 Å². The predicted octanol–water partition coefficient (Wildman–Crippen LogP) is 2.97. The second-order valence-corrected chi connectivity index (χ2v) is 6.66. The molecule has 0 aromatic heterocycles. The van der Waals surface area contributed by atoms with E-state index in [0.717, 1.165) is 26.1 Å². The van der Waals surface area contributed by atoms with E-state index in [1.807, 2.05) is 0 Å². The Morgan fingerprint density at radius 3 is 2.24 bits per heavy atom. The fourth-order valence-corrected chi connectivity index (χ4v) is 4.24. The largest absolute Gasteiger partial charge is 0.303 e. The average molecular weight is 237 g/mol. The highest BCUT2D eigenvalue weighted by molar-refractivity contribution is 5.91. The third kappa shape index (κ3) is 1.60. The number of carbonyl (C=O) groups excluding carboxylic acids is 1. The number of ketones is 1. The Morgan fingerprint density at radius 2 is 1.82 bits per heavy atom. The fourth-order valence-electron chi connectivity index (χ4n) is 4.24. The van der Waals surface area contributed by atoms with E-state index in [-0.39, 0.29) is 10.8 Å². The van der Waals surface area contributed by atoms with Gasteiger partial charge in [0.05, 0.1) is 0 Å². The van der Waals surface area contributed by atoms with Gasteiger partial charge in [-0.2, -0.15) is 0 Å². The van der Waals surface area contributed by atoms with Crippen LogP contribution in [0.3, 0.4) is 0 Å². The van der Waals surface area contributed by atoms with Crippen LogP contribution in [0.25, 0.3) is 0 Å². The highest BCUT2D eigenvalue weighted by atomic mass is 16.1. The summed E-state index contributed by atoms with van der Waals surface area (Å²) in [6, 6.07) is 0. The molecule has 2 aliphatic rings. The summed E-state index contributed by atoms with van der Waals surface area (Å²) in [4.78, 5) is 15.1. The van der Waals surface area contributed by atoms with Crippen LogP contribution >= 0.6 is 0 Å². The monoisotopic (exact) mass is 237 g/mol. The van der Waals surface area contributed by atoms with Crippen LogP contribution in [0.15, 0.2) is 0 Å². The first-order valence-electron chi connectivity index (χ1n) is 7.15. The molecule has 0 aromatic rings. The van der Waals surface area contributed by atoms with Gasteiger partial charge in [0.1, 0.15) is 5.78 Å². The van der Waals surface area contributed by atoms with Crippen molar-refractivity contribution >= 4 is 5.78 Å². The fraction of sp³-hybridized carbons (Fsp3) is 0.933. The summed E-state index contributed by atoms with van der Waals surface area (Å²) in [6.45, 7) is 14.3. The molecule has 2 aliphatic carbocycles. The Hall–Kier alpha value is -0.370. The molecular formula is C15H27NO. The van der Waals surface area contributed by atoms with E-state index in [0.29, 0.717) is 17.6 Å². The summed E-state index contributed by atoms with van der Waals surface area (Å²) in [7, 11) is 0. The van der Waals surface area contributed by atoms with Crippen molar-refractivity contribution in [2.24, 2.45) is 22.7 Å². The van der Waals surface area contributed by atoms with Crippen LogP contribution in [0.1, 0.15) is 47.5 Å². The molecule has 2 rings (SSSR count). The molecule has 0 heterocycles. The topological polar surface area (TPSA) is 20.3 Å². The summed E-state index contributed by atoms with van der Waals surface area (Å²) < 4.78 is 0. The van der Waals surface area contributed by atoms with Gasteiger partial charge in [0.25, 0.3) is 0 Å². The lowest BCUT2D eigenvalue weighted by molar-refractivity contribution is -0.132. The summed E-state index contributed by atoms with van der Waals surface area (Å²) in [6.07, 6.45) is 2.36. The molecule has 0 aliphatic heterocycles. The average Bonchev–Trinajstić information content (AvgIpc) is 2.59. The lowest BCUT2D eigenvalue weighted by Crippen LogP contribution is -2.38. The molecule has 98 valence electrons. The lowest BCUT2D eigenvalue weighted by atomic mass is 9.70. The van der Waals surface area contributed by atoms with Crippen molar-refractivity contribution < 1.29 is 4.79 Å². The molecule has 2 saturated carbocycles. The van der Waals surface area contributed by atoms with Crippen LogP contribution in [0.5, 0.6) is 0 Å². The highest BCUT2D eigenvalue weighted by Crippen LogP contribution is 2.65. The van der Waals surface area contributed by atoms with Gasteiger partial charge in [-0.3, -0.25) is 4.79 Å². The minimum Gasteiger partial charge on any atom is -0.303 e. The zero-order valence-corrected chi connectivity index (χ0v) is 12.0. The molecule has 0 amide bonds. The number of hydrogen-bond acceptors (Lipinski definition) is 2. The van der Waals surface area contributed by atoms with E-state index in [1.54, 1.807) is 0 Å². The van der Waals surface area contributed by atoms with Gasteiger partial charge in [-0.05, 0) is 37.3 Å². The molecule has 0 aromatic carbocycles. The quantitative estimate of drug-likeness (QED) is 0.749. The summed E-state index contributed by atoms with van der Waals surface area (Å²) in [5, 5.41) is 0. The molecule has 2 nitrogen and oxygen atoms in total. The van der Waals surface area contributed by atoms with Gasteiger partial charge in [-0.25, -0.2) is 0 Å². The summed E-state index contributed by atoms with van der Waals surface area (Å²) in [5.74, 6) is 1.45. The second kappa shape index (κ2) is 4.08. The molecular weight excluding hydrogens is 210 g/mol. The number of carbonyl (C=O) groups is 1. The SMILES string of the molecule is CCN(CC)C[C@@H]1C(=O)[C@@]2(C)CC[C@H]1C2(C)C. The van der Waals surface area contributed by atoms with Crippen LogP contribution in [-0.4, -0.2) is 30.3 Å². The molecule has 0 saturated heterocycles. The normalized spacial score (nSPS) is 39.3. The van der Waals surface area contributed by atoms with Gasteiger partial charge in [-0.1, -0.05) is 34.6 Å². The molecule has 2 fully saturated rings. The van der Waals surface area contributed by atoms with E-state index in [9.17, 15) is 4.79 Å². The highest BCUT2D eigenvalue weighted by Gasteiger charge is 2.65. The Labute approximate surface area is 106 Å². The van der Waals surface area contributed by atoms with Gasteiger partial charge < -0.3 is 4.90 Å². The Kier molecular flexibility index (Phi) is 3.14. The Morgan fingerprint density at radius 1 is 1.24 bits per heavy atom. The van der Waals surface area contributed by atoms with E-state index in [2.05, 4.69) is 39.5 Å². The van der Waals surface area contributed by atoms with Crippen molar-refractivity contribution in [1.29, 1.82) is 0 Å². The lowest BCUT2D eigenvalue weighted by Gasteiger charge is -2.32. The first kappa shape index (κ1) is 13.1.